The molecule has 0 aliphatic carbocycles. The molecular weight excluding hydrogens is 274 g/mol. The number of hydrogen-bond donors (Lipinski definition) is 2. The molecule has 1 aromatic heterocycles. The van der Waals surface area contributed by atoms with Crippen molar-refractivity contribution in [1.82, 2.24) is 20.5 Å². The Hall–Kier alpha value is -1.62. The second-order valence-corrected chi connectivity index (χ2v) is 6.09. The third kappa shape index (κ3) is 6.02. The lowest BCUT2D eigenvalue weighted by Gasteiger charge is -2.29. The summed E-state index contributed by atoms with van der Waals surface area (Å²) >= 11 is 0. The van der Waals surface area contributed by atoms with E-state index in [9.17, 15) is 0 Å². The molecule has 0 radical (unpaired) electrons. The van der Waals surface area contributed by atoms with E-state index in [1.165, 1.54) is 38.9 Å². The highest BCUT2D eigenvalue weighted by Gasteiger charge is 2.13. The summed E-state index contributed by atoms with van der Waals surface area (Å²) in [5.74, 6) is 1.46. The second kappa shape index (κ2) is 9.41. The Morgan fingerprint density at radius 1 is 1.27 bits per heavy atom. The quantitative estimate of drug-likeness (QED) is 0.622. The molecule has 1 unspecified atom stereocenters. The average Bonchev–Trinajstić information content (AvgIpc) is 2.57. The molecule has 0 aromatic carbocycles. The van der Waals surface area contributed by atoms with Gasteiger partial charge in [-0.25, -0.2) is 0 Å². The van der Waals surface area contributed by atoms with Crippen LogP contribution in [-0.2, 0) is 6.54 Å². The third-order valence-corrected chi connectivity index (χ3v) is 4.02. The molecule has 1 fully saturated rings. The summed E-state index contributed by atoms with van der Waals surface area (Å²) in [4.78, 5) is 11.2. The Bertz CT molecular complexity index is 440. The molecular formula is C17H29N5. The molecule has 2 rings (SSSR count). The summed E-state index contributed by atoms with van der Waals surface area (Å²) in [6, 6.07) is 5.94. The van der Waals surface area contributed by atoms with Crippen LogP contribution < -0.4 is 10.6 Å². The number of nitrogens with one attached hydrogen (secondary N) is 2. The Morgan fingerprint density at radius 2 is 2.09 bits per heavy atom. The first-order valence-corrected chi connectivity index (χ1v) is 8.34. The minimum Gasteiger partial charge on any atom is -0.356 e. The first kappa shape index (κ1) is 16.7. The van der Waals surface area contributed by atoms with E-state index in [-0.39, 0.29) is 0 Å². The molecule has 1 aliphatic rings. The predicted octanol–water partition coefficient (Wildman–Crippen LogP) is 1.87. The first-order valence-electron chi connectivity index (χ1n) is 8.34. The van der Waals surface area contributed by atoms with Crippen LogP contribution in [-0.4, -0.2) is 49.1 Å². The molecule has 1 saturated heterocycles. The van der Waals surface area contributed by atoms with Crippen molar-refractivity contribution in [3.8, 4) is 0 Å². The van der Waals surface area contributed by atoms with Crippen LogP contribution in [0.5, 0.6) is 0 Å². The average molecular weight is 303 g/mol. The van der Waals surface area contributed by atoms with Crippen LogP contribution >= 0.6 is 0 Å². The van der Waals surface area contributed by atoms with Crippen molar-refractivity contribution in [3.05, 3.63) is 30.1 Å². The van der Waals surface area contributed by atoms with Gasteiger partial charge in [-0.3, -0.25) is 9.98 Å². The molecule has 5 heteroatoms. The van der Waals surface area contributed by atoms with Gasteiger partial charge in [0.15, 0.2) is 5.96 Å². The number of aromatic nitrogens is 1. The number of pyridine rings is 1. The van der Waals surface area contributed by atoms with Gasteiger partial charge < -0.3 is 15.5 Å². The molecule has 2 heterocycles. The number of hydrogen-bond acceptors (Lipinski definition) is 3. The van der Waals surface area contributed by atoms with Crippen LogP contribution in [0, 0.1) is 5.92 Å². The molecule has 0 bridgehead atoms. The molecule has 0 spiro atoms. The number of rotatable bonds is 6. The predicted molar refractivity (Wildman–Crippen MR) is 91.9 cm³/mol. The normalized spacial score (nSPS) is 18.0. The summed E-state index contributed by atoms with van der Waals surface area (Å²) in [5.41, 5.74) is 1.02. The summed E-state index contributed by atoms with van der Waals surface area (Å²) in [6.45, 7) is 7.63. The lowest BCUT2D eigenvalue weighted by Crippen LogP contribution is -2.42. The van der Waals surface area contributed by atoms with Crippen molar-refractivity contribution in [1.29, 1.82) is 0 Å². The Labute approximate surface area is 134 Å². The largest absolute Gasteiger partial charge is 0.356 e. The molecule has 1 aliphatic heterocycles. The van der Waals surface area contributed by atoms with Crippen LogP contribution in [0.25, 0.3) is 0 Å². The van der Waals surface area contributed by atoms with E-state index in [1.54, 1.807) is 0 Å². The number of guanidine groups is 1. The Balaban J connectivity index is 1.67. The SMILES string of the molecule is CN=C(NCc1ccccn1)NCC(C)CN1CCCCC1. The van der Waals surface area contributed by atoms with Crippen molar-refractivity contribution >= 4 is 5.96 Å². The highest BCUT2D eigenvalue weighted by molar-refractivity contribution is 5.79. The van der Waals surface area contributed by atoms with Crippen molar-refractivity contribution in [2.75, 3.05) is 33.2 Å². The van der Waals surface area contributed by atoms with E-state index in [0.717, 1.165) is 18.2 Å². The van der Waals surface area contributed by atoms with Gasteiger partial charge in [-0.05, 0) is 44.0 Å². The molecule has 1 atom stereocenters. The minimum absolute atomic E-state index is 0.617. The van der Waals surface area contributed by atoms with E-state index >= 15 is 0 Å². The summed E-state index contributed by atoms with van der Waals surface area (Å²) in [6.07, 6.45) is 5.92. The van der Waals surface area contributed by atoms with Crippen LogP contribution in [0.15, 0.2) is 29.4 Å². The van der Waals surface area contributed by atoms with E-state index < -0.39 is 0 Å². The zero-order valence-electron chi connectivity index (χ0n) is 13.9. The smallest absolute Gasteiger partial charge is 0.191 e. The topological polar surface area (TPSA) is 52.6 Å². The highest BCUT2D eigenvalue weighted by Crippen LogP contribution is 2.10. The fourth-order valence-corrected chi connectivity index (χ4v) is 2.82. The number of nitrogens with zero attached hydrogens (tertiary/aromatic N) is 3. The maximum absolute atomic E-state index is 4.31. The third-order valence-electron chi connectivity index (χ3n) is 4.02. The maximum Gasteiger partial charge on any atom is 0.191 e. The Kier molecular flexibility index (Phi) is 7.16. The molecule has 2 N–H and O–H groups in total. The maximum atomic E-state index is 4.31. The van der Waals surface area contributed by atoms with Crippen molar-refractivity contribution in [2.45, 2.75) is 32.7 Å². The molecule has 22 heavy (non-hydrogen) atoms. The Morgan fingerprint density at radius 3 is 2.77 bits per heavy atom. The van der Waals surface area contributed by atoms with E-state index in [0.29, 0.717) is 12.5 Å². The van der Waals surface area contributed by atoms with Gasteiger partial charge in [0.25, 0.3) is 0 Å². The lowest BCUT2D eigenvalue weighted by atomic mass is 10.1. The van der Waals surface area contributed by atoms with Crippen molar-refractivity contribution in [2.24, 2.45) is 10.9 Å². The van der Waals surface area contributed by atoms with Gasteiger partial charge in [-0.15, -0.1) is 0 Å². The van der Waals surface area contributed by atoms with Gasteiger partial charge in [0, 0.05) is 26.3 Å². The van der Waals surface area contributed by atoms with Crippen LogP contribution in [0.4, 0.5) is 0 Å². The van der Waals surface area contributed by atoms with Gasteiger partial charge in [0.1, 0.15) is 0 Å². The first-order chi connectivity index (χ1) is 10.8. The standard InChI is InChI=1S/C17H29N5/c1-15(14-22-10-6-3-7-11-22)12-20-17(18-2)21-13-16-8-4-5-9-19-16/h4-5,8-9,15H,3,6-7,10-14H2,1-2H3,(H2,18,20,21). The minimum atomic E-state index is 0.617. The van der Waals surface area contributed by atoms with Crippen molar-refractivity contribution in [3.63, 3.8) is 0 Å². The monoisotopic (exact) mass is 303 g/mol. The van der Waals surface area contributed by atoms with E-state index in [2.05, 4.69) is 32.4 Å². The fraction of sp³-hybridized carbons (Fsp3) is 0.647. The molecule has 0 saturated carbocycles. The molecule has 1 aromatic rings. The van der Waals surface area contributed by atoms with Gasteiger partial charge in [-0.2, -0.15) is 0 Å². The summed E-state index contributed by atoms with van der Waals surface area (Å²) < 4.78 is 0. The van der Waals surface area contributed by atoms with Gasteiger partial charge in [0.05, 0.1) is 12.2 Å². The molecule has 0 amide bonds. The number of likely N-dealkylation sites (tertiary alicyclic amines) is 1. The number of aliphatic imine (C=N–C) groups is 1. The zero-order valence-corrected chi connectivity index (χ0v) is 13.9. The van der Waals surface area contributed by atoms with Crippen LogP contribution in [0.3, 0.4) is 0 Å². The summed E-state index contributed by atoms with van der Waals surface area (Å²) in [7, 11) is 1.81. The highest BCUT2D eigenvalue weighted by atomic mass is 15.2. The summed E-state index contributed by atoms with van der Waals surface area (Å²) in [5, 5.41) is 6.72. The van der Waals surface area contributed by atoms with Crippen LogP contribution in [0.2, 0.25) is 0 Å². The lowest BCUT2D eigenvalue weighted by molar-refractivity contribution is 0.201. The van der Waals surface area contributed by atoms with Gasteiger partial charge in [-0.1, -0.05) is 19.4 Å². The van der Waals surface area contributed by atoms with E-state index in [1.807, 2.05) is 31.4 Å². The van der Waals surface area contributed by atoms with E-state index in [4.69, 9.17) is 0 Å². The van der Waals surface area contributed by atoms with Crippen molar-refractivity contribution < 1.29 is 0 Å². The second-order valence-electron chi connectivity index (χ2n) is 6.09. The molecule has 5 nitrogen and oxygen atoms in total. The zero-order chi connectivity index (χ0) is 15.6. The molecule has 122 valence electrons. The fourth-order valence-electron chi connectivity index (χ4n) is 2.82. The van der Waals surface area contributed by atoms with Crippen LogP contribution in [0.1, 0.15) is 31.9 Å². The van der Waals surface area contributed by atoms with Gasteiger partial charge >= 0.3 is 0 Å². The van der Waals surface area contributed by atoms with Gasteiger partial charge in [0.2, 0.25) is 0 Å². The number of piperidine rings is 1.